The van der Waals surface area contributed by atoms with Gasteiger partial charge >= 0.3 is 0 Å². The summed E-state index contributed by atoms with van der Waals surface area (Å²) in [6.07, 6.45) is 1.53. The fourth-order valence-corrected chi connectivity index (χ4v) is 2.86. The maximum atomic E-state index is 13.0. The van der Waals surface area contributed by atoms with E-state index in [1.807, 2.05) is 25.1 Å². The van der Waals surface area contributed by atoms with Crippen molar-refractivity contribution in [2.45, 2.75) is 13.5 Å². The Morgan fingerprint density at radius 2 is 1.88 bits per heavy atom. The number of halogens is 1. The Morgan fingerprint density at radius 1 is 1.08 bits per heavy atom. The number of aryl methyl sites for hydroxylation is 1. The van der Waals surface area contributed by atoms with Crippen molar-refractivity contribution in [2.24, 2.45) is 0 Å². The molecule has 0 amide bonds. The first-order valence-electron chi connectivity index (χ1n) is 8.10. The first-order valence-corrected chi connectivity index (χ1v) is 8.48. The smallest absolute Gasteiger partial charge is 0.235 e. The Bertz CT molecular complexity index is 1110. The largest absolute Gasteiger partial charge is 0.481 e. The molecule has 0 unspecified atom stereocenters. The van der Waals surface area contributed by atoms with E-state index in [0.717, 1.165) is 11.1 Å². The Morgan fingerprint density at radius 3 is 2.62 bits per heavy atom. The van der Waals surface area contributed by atoms with Gasteiger partial charge in [0.25, 0.3) is 0 Å². The molecule has 0 spiro atoms. The third-order valence-corrected chi connectivity index (χ3v) is 4.30. The number of hydrogen-bond donors (Lipinski definition) is 0. The minimum atomic E-state index is -0.227. The van der Waals surface area contributed by atoms with Crippen molar-refractivity contribution in [3.8, 4) is 17.3 Å². The normalized spacial score (nSPS) is 11.0. The topological polar surface area (TPSA) is 52.6 Å². The molecule has 0 radical (unpaired) electrons. The number of rotatable bonds is 4. The molecular weight excluding hydrogens is 352 g/mol. The van der Waals surface area contributed by atoms with Crippen LogP contribution in [0.4, 0.5) is 0 Å². The molecule has 4 nitrogen and oxygen atoms in total. The van der Waals surface area contributed by atoms with E-state index in [0.29, 0.717) is 21.8 Å². The van der Waals surface area contributed by atoms with Crippen molar-refractivity contribution in [1.29, 1.82) is 0 Å². The van der Waals surface area contributed by atoms with Crippen molar-refractivity contribution >= 4 is 22.6 Å². The van der Waals surface area contributed by atoms with Gasteiger partial charge in [-0.25, -0.2) is 0 Å². The fraction of sp³-hybridized carbons (Fsp3) is 0.0952. The van der Waals surface area contributed by atoms with Crippen LogP contribution in [0, 0.1) is 6.92 Å². The molecule has 0 saturated heterocycles. The summed E-state index contributed by atoms with van der Waals surface area (Å²) >= 11 is 5.91. The molecule has 130 valence electrons. The highest BCUT2D eigenvalue weighted by atomic mass is 35.5. The Balaban J connectivity index is 1.82. The molecule has 0 aliphatic rings. The van der Waals surface area contributed by atoms with E-state index >= 15 is 0 Å². The zero-order valence-electron chi connectivity index (χ0n) is 14.0. The van der Waals surface area contributed by atoms with Crippen LogP contribution < -0.4 is 10.2 Å². The van der Waals surface area contributed by atoms with Gasteiger partial charge in [0.2, 0.25) is 16.9 Å². The van der Waals surface area contributed by atoms with Gasteiger partial charge in [-0.05, 0) is 48.9 Å². The molecule has 26 heavy (non-hydrogen) atoms. The van der Waals surface area contributed by atoms with Gasteiger partial charge in [0, 0.05) is 5.02 Å². The van der Waals surface area contributed by atoms with Crippen LogP contribution in [0.3, 0.4) is 0 Å². The van der Waals surface area contributed by atoms with Crippen LogP contribution in [0.1, 0.15) is 11.1 Å². The third-order valence-electron chi connectivity index (χ3n) is 4.05. The summed E-state index contributed by atoms with van der Waals surface area (Å²) in [7, 11) is 0. The summed E-state index contributed by atoms with van der Waals surface area (Å²) in [5, 5.41) is 1.12. The van der Waals surface area contributed by atoms with Crippen LogP contribution in [-0.2, 0) is 6.61 Å². The third kappa shape index (κ3) is 3.11. The van der Waals surface area contributed by atoms with Crippen LogP contribution in [0.5, 0.6) is 5.75 Å². The standard InChI is InChI=1S/C21H15ClO4/c1-13-4-9-17-16(11-13)19(23)21(20(26-17)18-3-2-10-24-18)25-12-14-5-7-15(22)8-6-14/h2-11H,12H2,1H3. The molecule has 0 atom stereocenters. The highest BCUT2D eigenvalue weighted by Crippen LogP contribution is 2.32. The van der Waals surface area contributed by atoms with Gasteiger partial charge in [-0.3, -0.25) is 4.79 Å². The van der Waals surface area contributed by atoms with Crippen molar-refractivity contribution in [3.63, 3.8) is 0 Å². The molecule has 5 heteroatoms. The molecule has 4 aromatic rings. The van der Waals surface area contributed by atoms with Gasteiger partial charge in [0.05, 0.1) is 11.6 Å². The zero-order valence-corrected chi connectivity index (χ0v) is 14.7. The molecule has 4 rings (SSSR count). The number of ether oxygens (including phenoxy) is 1. The number of fused-ring (bicyclic) bond motifs is 1. The number of furan rings is 1. The lowest BCUT2D eigenvalue weighted by Gasteiger charge is -2.10. The maximum absolute atomic E-state index is 13.0. The summed E-state index contributed by atoms with van der Waals surface area (Å²) in [5.74, 6) is 0.856. The zero-order chi connectivity index (χ0) is 18.1. The summed E-state index contributed by atoms with van der Waals surface area (Å²) in [6, 6.07) is 16.2. The highest BCUT2D eigenvalue weighted by molar-refractivity contribution is 6.30. The Kier molecular flexibility index (Phi) is 4.27. The first-order chi connectivity index (χ1) is 12.6. The second-order valence-electron chi connectivity index (χ2n) is 5.98. The lowest BCUT2D eigenvalue weighted by atomic mass is 10.1. The predicted octanol–water partition coefficient (Wildman–Crippen LogP) is 5.59. The van der Waals surface area contributed by atoms with Gasteiger partial charge in [-0.15, -0.1) is 0 Å². The molecule has 0 aliphatic heterocycles. The molecule has 2 heterocycles. The summed E-state index contributed by atoms with van der Waals surface area (Å²) in [5.41, 5.74) is 2.13. The van der Waals surface area contributed by atoms with Crippen molar-refractivity contribution < 1.29 is 13.6 Å². The minimum Gasteiger partial charge on any atom is -0.481 e. The van der Waals surface area contributed by atoms with E-state index in [1.165, 1.54) is 6.26 Å². The Hall–Kier alpha value is -2.98. The van der Waals surface area contributed by atoms with E-state index < -0.39 is 0 Å². The molecule has 0 saturated carbocycles. The van der Waals surface area contributed by atoms with E-state index in [9.17, 15) is 4.79 Å². The molecule has 0 aliphatic carbocycles. The van der Waals surface area contributed by atoms with Crippen LogP contribution >= 0.6 is 11.6 Å². The molecular formula is C21H15ClO4. The average Bonchev–Trinajstić information content (AvgIpc) is 3.17. The van der Waals surface area contributed by atoms with Gasteiger partial charge < -0.3 is 13.6 Å². The van der Waals surface area contributed by atoms with Crippen LogP contribution in [0.2, 0.25) is 5.02 Å². The van der Waals surface area contributed by atoms with Gasteiger partial charge in [0.1, 0.15) is 12.2 Å². The van der Waals surface area contributed by atoms with Crippen molar-refractivity contribution in [1.82, 2.24) is 0 Å². The predicted molar refractivity (Wildman–Crippen MR) is 101 cm³/mol. The quantitative estimate of drug-likeness (QED) is 0.472. The number of hydrogen-bond acceptors (Lipinski definition) is 4. The lowest BCUT2D eigenvalue weighted by Crippen LogP contribution is -2.10. The fourth-order valence-electron chi connectivity index (χ4n) is 2.73. The van der Waals surface area contributed by atoms with E-state index in [1.54, 1.807) is 36.4 Å². The second-order valence-corrected chi connectivity index (χ2v) is 6.42. The molecule has 2 aromatic heterocycles. The maximum Gasteiger partial charge on any atom is 0.235 e. The van der Waals surface area contributed by atoms with Crippen molar-refractivity contribution in [2.75, 3.05) is 0 Å². The SMILES string of the molecule is Cc1ccc2oc(-c3ccco3)c(OCc3ccc(Cl)cc3)c(=O)c2c1. The Labute approximate surface area is 154 Å². The van der Waals surface area contributed by atoms with Gasteiger partial charge in [0.15, 0.2) is 5.76 Å². The second kappa shape index (κ2) is 6.73. The van der Waals surface area contributed by atoms with Gasteiger partial charge in [-0.1, -0.05) is 35.4 Å². The number of benzene rings is 2. The summed E-state index contributed by atoms with van der Waals surface area (Å²) in [4.78, 5) is 13.0. The molecule has 2 aromatic carbocycles. The van der Waals surface area contributed by atoms with Crippen LogP contribution in [0.25, 0.3) is 22.5 Å². The molecule has 0 N–H and O–H groups in total. The van der Waals surface area contributed by atoms with Crippen molar-refractivity contribution in [3.05, 3.63) is 87.2 Å². The van der Waals surface area contributed by atoms with Crippen LogP contribution in [-0.4, -0.2) is 0 Å². The minimum absolute atomic E-state index is 0.132. The summed E-state index contributed by atoms with van der Waals surface area (Å²) in [6.45, 7) is 2.14. The van der Waals surface area contributed by atoms with Crippen LogP contribution in [0.15, 0.2) is 74.5 Å². The summed E-state index contributed by atoms with van der Waals surface area (Å²) < 4.78 is 17.2. The lowest BCUT2D eigenvalue weighted by molar-refractivity contribution is 0.296. The van der Waals surface area contributed by atoms with E-state index in [-0.39, 0.29) is 23.5 Å². The highest BCUT2D eigenvalue weighted by Gasteiger charge is 2.19. The molecule has 0 fully saturated rings. The van der Waals surface area contributed by atoms with E-state index in [4.69, 9.17) is 25.2 Å². The average molecular weight is 367 g/mol. The molecule has 0 bridgehead atoms. The van der Waals surface area contributed by atoms with E-state index in [2.05, 4.69) is 0 Å². The monoisotopic (exact) mass is 366 g/mol. The van der Waals surface area contributed by atoms with Gasteiger partial charge in [-0.2, -0.15) is 0 Å². The first kappa shape index (κ1) is 16.5.